The molecule has 0 aliphatic carbocycles. The number of sulfonamides is 1. The minimum Gasteiger partial charge on any atom is -0.451 e. The number of benzene rings is 2. The zero-order valence-corrected chi connectivity index (χ0v) is 17.2. The lowest BCUT2D eigenvalue weighted by Crippen LogP contribution is -2.25. The summed E-state index contributed by atoms with van der Waals surface area (Å²) in [6.45, 7) is 5.33. The highest BCUT2D eigenvalue weighted by molar-refractivity contribution is 7.89. The Morgan fingerprint density at radius 2 is 1.69 bits per heavy atom. The van der Waals surface area contributed by atoms with Crippen molar-refractivity contribution in [2.75, 3.05) is 6.54 Å². The molecule has 0 aromatic heterocycles. The Balaban J connectivity index is 2.05. The Hall–Kier alpha value is -3.02. The molecule has 0 aliphatic heterocycles. The van der Waals surface area contributed by atoms with Crippen LogP contribution in [0.25, 0.3) is 0 Å². The van der Waals surface area contributed by atoms with Gasteiger partial charge in [0.2, 0.25) is 15.8 Å². The summed E-state index contributed by atoms with van der Waals surface area (Å²) in [6, 6.07) is 12.3. The Labute approximate surface area is 170 Å². The van der Waals surface area contributed by atoms with Crippen LogP contribution in [-0.4, -0.2) is 32.8 Å². The van der Waals surface area contributed by atoms with Gasteiger partial charge in [-0.1, -0.05) is 12.1 Å². The number of aryl methyl sites for hydroxylation is 2. The quantitative estimate of drug-likeness (QED) is 0.404. The lowest BCUT2D eigenvalue weighted by atomic mass is 10.0. The van der Waals surface area contributed by atoms with E-state index in [1.54, 1.807) is 12.1 Å². The second-order valence-corrected chi connectivity index (χ2v) is 8.31. The minimum absolute atomic E-state index is 0.000732. The zero-order valence-electron chi connectivity index (χ0n) is 16.4. The fourth-order valence-electron chi connectivity index (χ4n) is 2.51. The number of ether oxygens (including phenoxy) is 1. The second-order valence-electron chi connectivity index (χ2n) is 6.54. The Kier molecular flexibility index (Phi) is 7.26. The molecule has 2 aromatic rings. The number of carbonyl (C=O) groups excluding carboxylic acids is 2. The second kappa shape index (κ2) is 9.45. The highest BCUT2D eigenvalue weighted by atomic mass is 32.2. The van der Waals surface area contributed by atoms with Crippen molar-refractivity contribution >= 4 is 21.8 Å². The van der Waals surface area contributed by atoms with Gasteiger partial charge in [-0.15, -0.1) is 0 Å². The zero-order chi connectivity index (χ0) is 21.6. The number of hydrogen-bond acceptors (Lipinski definition) is 6. The predicted octanol–water partition coefficient (Wildman–Crippen LogP) is 2.92. The van der Waals surface area contributed by atoms with Crippen molar-refractivity contribution in [2.45, 2.75) is 38.2 Å². The maximum absolute atomic E-state index is 12.5. The molecule has 0 bridgehead atoms. The van der Waals surface area contributed by atoms with E-state index in [2.05, 4.69) is 4.72 Å². The molecule has 29 heavy (non-hydrogen) atoms. The van der Waals surface area contributed by atoms with E-state index < -0.39 is 22.1 Å². The summed E-state index contributed by atoms with van der Waals surface area (Å²) in [7, 11) is -3.76. The van der Waals surface area contributed by atoms with E-state index in [0.29, 0.717) is 5.56 Å². The molecule has 1 N–H and O–H groups in total. The molecule has 0 amide bonds. The molecule has 8 heteroatoms. The van der Waals surface area contributed by atoms with Crippen molar-refractivity contribution in [3.05, 3.63) is 64.7 Å². The Morgan fingerprint density at radius 1 is 1.07 bits per heavy atom. The topological polar surface area (TPSA) is 113 Å². The maximum Gasteiger partial charge on any atom is 0.338 e. The molecule has 7 nitrogen and oxygen atoms in total. The average molecular weight is 414 g/mol. The summed E-state index contributed by atoms with van der Waals surface area (Å²) >= 11 is 0. The van der Waals surface area contributed by atoms with Crippen LogP contribution >= 0.6 is 0 Å². The molecular formula is C21H22N2O5S. The standard InChI is InChI=1S/C21H22N2O5S/c1-14-5-6-18(13-15(14)2)20(24)16(3)28-21(25)17-7-9-19(10-8-17)29(26,27)23-12-4-11-22/h5-10,13,16,23H,4,12H2,1-3H3/t16-/m1/s1. The first-order valence-corrected chi connectivity index (χ1v) is 10.4. The van der Waals surface area contributed by atoms with Crippen molar-refractivity contribution in [2.24, 2.45) is 0 Å². The van der Waals surface area contributed by atoms with Crippen LogP contribution in [-0.2, 0) is 14.8 Å². The van der Waals surface area contributed by atoms with Crippen molar-refractivity contribution in [3.8, 4) is 6.07 Å². The lowest BCUT2D eigenvalue weighted by Gasteiger charge is -2.13. The molecule has 0 aliphatic rings. The van der Waals surface area contributed by atoms with E-state index >= 15 is 0 Å². The fourth-order valence-corrected chi connectivity index (χ4v) is 3.54. The van der Waals surface area contributed by atoms with E-state index in [4.69, 9.17) is 10.00 Å². The van der Waals surface area contributed by atoms with Gasteiger partial charge in [0.1, 0.15) is 0 Å². The van der Waals surface area contributed by atoms with E-state index in [-0.39, 0.29) is 29.2 Å². The van der Waals surface area contributed by atoms with Crippen molar-refractivity contribution < 1.29 is 22.7 Å². The van der Waals surface area contributed by atoms with Gasteiger partial charge in [0.25, 0.3) is 0 Å². The fraction of sp³-hybridized carbons (Fsp3) is 0.286. The molecule has 0 spiro atoms. The van der Waals surface area contributed by atoms with Gasteiger partial charge < -0.3 is 4.74 Å². The number of ketones is 1. The Bertz CT molecular complexity index is 1050. The largest absolute Gasteiger partial charge is 0.451 e. The van der Waals surface area contributed by atoms with Crippen molar-refractivity contribution in [3.63, 3.8) is 0 Å². The third kappa shape index (κ3) is 5.73. The molecule has 0 saturated carbocycles. The van der Waals surface area contributed by atoms with Gasteiger partial charge in [-0.25, -0.2) is 17.9 Å². The first-order valence-electron chi connectivity index (χ1n) is 8.95. The molecule has 2 rings (SSSR count). The van der Waals surface area contributed by atoms with Crippen LogP contribution in [0.15, 0.2) is 47.4 Å². The van der Waals surface area contributed by atoms with Crippen LogP contribution in [0.4, 0.5) is 0 Å². The number of nitrogens with zero attached hydrogens (tertiary/aromatic N) is 1. The third-order valence-corrected chi connectivity index (χ3v) is 5.85. The number of nitriles is 1. The SMILES string of the molecule is Cc1ccc(C(=O)[C@@H](C)OC(=O)c2ccc(S(=O)(=O)NCCC#N)cc2)cc1C. The summed E-state index contributed by atoms with van der Waals surface area (Å²) in [6.07, 6.45) is -0.934. The molecule has 1 atom stereocenters. The van der Waals surface area contributed by atoms with Gasteiger partial charge in [0.15, 0.2) is 6.10 Å². The number of nitrogens with one attached hydrogen (secondary N) is 1. The molecule has 2 aromatic carbocycles. The molecule has 0 unspecified atom stereocenters. The molecule has 0 saturated heterocycles. The van der Waals surface area contributed by atoms with E-state index in [1.165, 1.54) is 31.2 Å². The molecule has 0 radical (unpaired) electrons. The molecule has 0 fully saturated rings. The van der Waals surface area contributed by atoms with Gasteiger partial charge in [-0.3, -0.25) is 4.79 Å². The van der Waals surface area contributed by atoms with Gasteiger partial charge in [-0.05, 0) is 62.2 Å². The van der Waals surface area contributed by atoms with Gasteiger partial charge >= 0.3 is 5.97 Å². The van der Waals surface area contributed by atoms with Gasteiger partial charge in [0, 0.05) is 18.5 Å². The number of rotatable bonds is 8. The van der Waals surface area contributed by atoms with Crippen LogP contribution in [0.5, 0.6) is 0 Å². The number of hydrogen-bond donors (Lipinski definition) is 1. The minimum atomic E-state index is -3.76. The molecule has 0 heterocycles. The van der Waals surface area contributed by atoms with Crippen LogP contribution < -0.4 is 4.72 Å². The summed E-state index contributed by atoms with van der Waals surface area (Å²) in [5.74, 6) is -1.04. The van der Waals surface area contributed by atoms with Crippen LogP contribution in [0.3, 0.4) is 0 Å². The number of carbonyl (C=O) groups is 2. The van der Waals surface area contributed by atoms with Crippen molar-refractivity contribution in [1.29, 1.82) is 5.26 Å². The smallest absolute Gasteiger partial charge is 0.338 e. The summed E-state index contributed by atoms with van der Waals surface area (Å²) in [5, 5.41) is 8.48. The third-order valence-electron chi connectivity index (χ3n) is 4.37. The summed E-state index contributed by atoms with van der Waals surface area (Å²) < 4.78 is 31.7. The number of Topliss-reactive ketones (excluding diaryl/α,β-unsaturated/α-hetero) is 1. The van der Waals surface area contributed by atoms with Gasteiger partial charge in [0.05, 0.1) is 16.5 Å². The normalized spacial score (nSPS) is 12.1. The van der Waals surface area contributed by atoms with E-state index in [1.807, 2.05) is 26.0 Å². The lowest BCUT2D eigenvalue weighted by molar-refractivity contribution is 0.0318. The van der Waals surface area contributed by atoms with E-state index in [9.17, 15) is 18.0 Å². The maximum atomic E-state index is 12.5. The predicted molar refractivity (Wildman–Crippen MR) is 107 cm³/mol. The van der Waals surface area contributed by atoms with Crippen LogP contribution in [0.2, 0.25) is 0 Å². The first kappa shape index (κ1) is 22.3. The van der Waals surface area contributed by atoms with Crippen LogP contribution in [0.1, 0.15) is 45.2 Å². The summed E-state index contributed by atoms with van der Waals surface area (Å²) in [5.41, 5.74) is 2.61. The average Bonchev–Trinajstić information content (AvgIpc) is 2.69. The number of esters is 1. The molecular weight excluding hydrogens is 392 g/mol. The van der Waals surface area contributed by atoms with Crippen LogP contribution in [0, 0.1) is 25.2 Å². The highest BCUT2D eigenvalue weighted by Gasteiger charge is 2.21. The monoisotopic (exact) mass is 414 g/mol. The van der Waals surface area contributed by atoms with Crippen molar-refractivity contribution in [1.82, 2.24) is 4.72 Å². The first-order chi connectivity index (χ1) is 13.7. The molecule has 152 valence electrons. The highest BCUT2D eigenvalue weighted by Crippen LogP contribution is 2.15. The Morgan fingerprint density at radius 3 is 2.28 bits per heavy atom. The summed E-state index contributed by atoms with van der Waals surface area (Å²) in [4.78, 5) is 24.8. The van der Waals surface area contributed by atoms with E-state index in [0.717, 1.165) is 11.1 Å². The van der Waals surface area contributed by atoms with Gasteiger partial charge in [-0.2, -0.15) is 5.26 Å².